The SMILES string of the molecule is c1ccc(N(c2ccccc2)c2ccc(C3(c4ccc(N(c5ccccc5)c5ccccc5)cc4)c4ccccc4N4c5c(cccc53)C3c5ccccc5OC34)cc2)cc1. The van der Waals surface area contributed by atoms with E-state index in [9.17, 15) is 0 Å². The number of fused-ring (bicyclic) bond motifs is 7. The lowest BCUT2D eigenvalue weighted by Crippen LogP contribution is -2.42. The van der Waals surface area contributed by atoms with Gasteiger partial charge < -0.3 is 19.4 Å². The fourth-order valence-corrected chi connectivity index (χ4v) is 10.3. The van der Waals surface area contributed by atoms with E-state index in [0.29, 0.717) is 0 Å². The predicted molar refractivity (Wildman–Crippen MR) is 249 cm³/mol. The maximum Gasteiger partial charge on any atom is 0.187 e. The minimum Gasteiger partial charge on any atom is -0.469 e. The highest BCUT2D eigenvalue weighted by molar-refractivity contribution is 5.90. The van der Waals surface area contributed by atoms with E-state index in [-0.39, 0.29) is 12.1 Å². The molecule has 9 aromatic carbocycles. The van der Waals surface area contributed by atoms with Crippen LogP contribution >= 0.6 is 0 Å². The second-order valence-corrected chi connectivity index (χ2v) is 16.0. The topological polar surface area (TPSA) is 19.0 Å². The van der Waals surface area contributed by atoms with Crippen molar-refractivity contribution < 1.29 is 4.74 Å². The zero-order valence-electron chi connectivity index (χ0n) is 33.4. The molecule has 61 heavy (non-hydrogen) atoms. The molecule has 3 aliphatic heterocycles. The highest BCUT2D eigenvalue weighted by Crippen LogP contribution is 2.64. The number of hydrogen-bond donors (Lipinski definition) is 0. The van der Waals surface area contributed by atoms with Crippen LogP contribution < -0.4 is 19.4 Å². The van der Waals surface area contributed by atoms with Crippen LogP contribution in [0.4, 0.5) is 45.5 Å². The predicted octanol–water partition coefficient (Wildman–Crippen LogP) is 14.3. The Labute approximate surface area is 356 Å². The number of hydrogen-bond acceptors (Lipinski definition) is 4. The molecule has 0 bridgehead atoms. The molecule has 2 unspecified atom stereocenters. The van der Waals surface area contributed by atoms with Gasteiger partial charge in [-0.25, -0.2) is 0 Å². The molecule has 4 heteroatoms. The highest BCUT2D eigenvalue weighted by atomic mass is 16.5. The van der Waals surface area contributed by atoms with Crippen LogP contribution in [0, 0.1) is 0 Å². The van der Waals surface area contributed by atoms with Gasteiger partial charge in [0.1, 0.15) is 5.75 Å². The van der Waals surface area contributed by atoms with Gasteiger partial charge in [0.2, 0.25) is 0 Å². The van der Waals surface area contributed by atoms with Crippen LogP contribution in [0.5, 0.6) is 5.75 Å². The van der Waals surface area contributed by atoms with Crippen molar-refractivity contribution in [3.63, 3.8) is 0 Å². The number of nitrogens with zero attached hydrogens (tertiary/aromatic N) is 3. The molecule has 12 rings (SSSR count). The van der Waals surface area contributed by atoms with Gasteiger partial charge in [-0.05, 0) is 113 Å². The van der Waals surface area contributed by atoms with E-state index < -0.39 is 5.41 Å². The van der Waals surface area contributed by atoms with Crippen molar-refractivity contribution in [3.05, 3.63) is 270 Å². The molecule has 0 N–H and O–H groups in total. The van der Waals surface area contributed by atoms with E-state index in [1.165, 1.54) is 44.8 Å². The normalized spacial score (nSPS) is 16.1. The summed E-state index contributed by atoms with van der Waals surface area (Å²) in [4.78, 5) is 7.16. The standard InChI is InChI=1S/C57H41N3O/c1-5-18-42(19-6-1)58(43-20-7-2-8-21-43)46-36-32-40(33-37-46)57(41-34-38-47(39-35-41)59(44-22-9-3-10-23-44)45-24-11-4-12-25-45)50-28-14-15-30-52(50)60-55-49(27-17-29-51(55)57)54-48-26-13-16-31-53(48)61-56(54)60/h1-39,54,56H. The number of ether oxygens (including phenoxy) is 1. The monoisotopic (exact) mass is 783 g/mol. The summed E-state index contributed by atoms with van der Waals surface area (Å²) in [7, 11) is 0. The molecule has 9 aromatic rings. The molecular weight excluding hydrogens is 743 g/mol. The summed E-state index contributed by atoms with van der Waals surface area (Å²) in [5.74, 6) is 1.06. The third-order valence-electron chi connectivity index (χ3n) is 12.8. The third-order valence-corrected chi connectivity index (χ3v) is 12.8. The Hall–Kier alpha value is -7.82. The summed E-state index contributed by atoms with van der Waals surface area (Å²) in [6, 6.07) is 85.7. The summed E-state index contributed by atoms with van der Waals surface area (Å²) in [5, 5.41) is 0. The second-order valence-electron chi connectivity index (χ2n) is 16.0. The lowest BCUT2D eigenvalue weighted by molar-refractivity contribution is 0.233. The number of benzene rings is 9. The Morgan fingerprint density at radius 1 is 0.361 bits per heavy atom. The molecule has 290 valence electrons. The van der Waals surface area contributed by atoms with Gasteiger partial charge in [0, 0.05) is 45.4 Å². The van der Waals surface area contributed by atoms with Crippen molar-refractivity contribution in [3.8, 4) is 5.75 Å². The van der Waals surface area contributed by atoms with Gasteiger partial charge in [-0.1, -0.05) is 152 Å². The van der Waals surface area contributed by atoms with Crippen LogP contribution in [0.1, 0.15) is 39.3 Å². The Bertz CT molecular complexity index is 2800. The minimum atomic E-state index is -0.664. The van der Waals surface area contributed by atoms with Crippen molar-refractivity contribution >= 4 is 45.5 Å². The first-order valence-corrected chi connectivity index (χ1v) is 21.1. The van der Waals surface area contributed by atoms with E-state index in [4.69, 9.17) is 4.74 Å². The van der Waals surface area contributed by atoms with Crippen molar-refractivity contribution in [2.45, 2.75) is 17.6 Å². The Morgan fingerprint density at radius 3 is 1.30 bits per heavy atom. The molecule has 0 fully saturated rings. The Kier molecular flexibility index (Phi) is 8.17. The van der Waals surface area contributed by atoms with Gasteiger partial charge in [0.05, 0.1) is 17.0 Å². The zero-order valence-corrected chi connectivity index (χ0v) is 33.4. The number of para-hydroxylation sites is 7. The van der Waals surface area contributed by atoms with E-state index in [1.807, 2.05) is 0 Å². The number of rotatable bonds is 8. The lowest BCUT2D eigenvalue weighted by Gasteiger charge is -2.46. The van der Waals surface area contributed by atoms with Gasteiger partial charge in [0.15, 0.2) is 6.23 Å². The van der Waals surface area contributed by atoms with Gasteiger partial charge in [-0.3, -0.25) is 0 Å². The summed E-state index contributed by atoms with van der Waals surface area (Å²) in [5.41, 5.74) is 15.8. The average Bonchev–Trinajstić information content (AvgIpc) is 3.87. The summed E-state index contributed by atoms with van der Waals surface area (Å²) >= 11 is 0. The molecule has 2 atom stereocenters. The minimum absolute atomic E-state index is 0.0929. The Balaban J connectivity index is 1.09. The largest absolute Gasteiger partial charge is 0.469 e. The van der Waals surface area contributed by atoms with Crippen LogP contribution in [0.3, 0.4) is 0 Å². The van der Waals surface area contributed by atoms with Gasteiger partial charge >= 0.3 is 0 Å². The zero-order chi connectivity index (χ0) is 40.3. The van der Waals surface area contributed by atoms with E-state index in [1.54, 1.807) is 0 Å². The van der Waals surface area contributed by atoms with Crippen molar-refractivity contribution in [2.75, 3.05) is 14.7 Å². The van der Waals surface area contributed by atoms with Crippen molar-refractivity contribution in [1.29, 1.82) is 0 Å². The van der Waals surface area contributed by atoms with Gasteiger partial charge in [-0.15, -0.1) is 0 Å². The smallest absolute Gasteiger partial charge is 0.187 e. The van der Waals surface area contributed by atoms with E-state index >= 15 is 0 Å². The molecule has 0 saturated heterocycles. The Morgan fingerprint density at radius 2 is 0.770 bits per heavy atom. The van der Waals surface area contributed by atoms with E-state index in [0.717, 1.165) is 39.9 Å². The van der Waals surface area contributed by atoms with Crippen LogP contribution in [-0.2, 0) is 5.41 Å². The van der Waals surface area contributed by atoms with Crippen LogP contribution in [-0.4, -0.2) is 6.23 Å². The quantitative estimate of drug-likeness (QED) is 0.153. The molecule has 4 nitrogen and oxygen atoms in total. The molecule has 0 radical (unpaired) electrons. The molecule has 0 amide bonds. The fourth-order valence-electron chi connectivity index (χ4n) is 10.3. The molecule has 0 spiro atoms. The maximum absolute atomic E-state index is 6.91. The molecule has 3 aliphatic rings. The fraction of sp³-hybridized carbons (Fsp3) is 0.0526. The van der Waals surface area contributed by atoms with Crippen LogP contribution in [0.25, 0.3) is 0 Å². The van der Waals surface area contributed by atoms with Gasteiger partial charge in [0.25, 0.3) is 0 Å². The first-order valence-electron chi connectivity index (χ1n) is 21.1. The van der Waals surface area contributed by atoms with Crippen LogP contribution in [0.15, 0.2) is 237 Å². The first kappa shape index (κ1) is 35.2. The summed E-state index contributed by atoms with van der Waals surface area (Å²) < 4.78 is 6.91. The van der Waals surface area contributed by atoms with E-state index in [2.05, 4.69) is 251 Å². The molecule has 0 aliphatic carbocycles. The van der Waals surface area contributed by atoms with Crippen LogP contribution in [0.2, 0.25) is 0 Å². The third kappa shape index (κ3) is 5.39. The van der Waals surface area contributed by atoms with Crippen molar-refractivity contribution in [2.24, 2.45) is 0 Å². The lowest BCUT2D eigenvalue weighted by atomic mass is 9.62. The summed E-state index contributed by atoms with van der Waals surface area (Å²) in [6.45, 7) is 0. The second kappa shape index (κ2) is 14.2. The highest BCUT2D eigenvalue weighted by Gasteiger charge is 2.55. The number of anilines is 8. The van der Waals surface area contributed by atoms with Crippen molar-refractivity contribution in [1.82, 2.24) is 0 Å². The van der Waals surface area contributed by atoms with Gasteiger partial charge in [-0.2, -0.15) is 0 Å². The molecule has 0 aromatic heterocycles. The maximum atomic E-state index is 6.91. The molecular formula is C57H41N3O. The molecule has 0 saturated carbocycles. The summed E-state index contributed by atoms with van der Waals surface area (Å²) in [6.07, 6.45) is -0.173. The average molecular weight is 784 g/mol. The molecule has 3 heterocycles. The first-order chi connectivity index (χ1) is 30.3.